The Balaban J connectivity index is 1.90. The van der Waals surface area contributed by atoms with E-state index in [-0.39, 0.29) is 4.90 Å². The van der Waals surface area contributed by atoms with Crippen molar-refractivity contribution in [2.45, 2.75) is 17.7 Å². The zero-order chi connectivity index (χ0) is 13.0. The number of nitrogens with one attached hydrogen (secondary N) is 1. The summed E-state index contributed by atoms with van der Waals surface area (Å²) in [5.74, 6) is 1.24. The maximum absolute atomic E-state index is 11.1. The zero-order valence-corrected chi connectivity index (χ0v) is 10.8. The van der Waals surface area contributed by atoms with Crippen molar-refractivity contribution in [2.75, 3.05) is 25.1 Å². The van der Waals surface area contributed by atoms with Crippen LogP contribution in [0, 0.1) is 5.92 Å². The Bertz CT molecular complexity index is 481. The summed E-state index contributed by atoms with van der Waals surface area (Å²) >= 11 is 0. The van der Waals surface area contributed by atoms with Crippen LogP contribution in [0.15, 0.2) is 23.2 Å². The second-order valence-corrected chi connectivity index (χ2v) is 5.92. The van der Waals surface area contributed by atoms with Gasteiger partial charge in [0.25, 0.3) is 0 Å². The fourth-order valence-electron chi connectivity index (χ4n) is 1.85. The van der Waals surface area contributed by atoms with Crippen LogP contribution in [-0.4, -0.2) is 33.2 Å². The van der Waals surface area contributed by atoms with Crippen LogP contribution in [0.2, 0.25) is 0 Å². The third-order valence-electron chi connectivity index (χ3n) is 2.98. The summed E-state index contributed by atoms with van der Waals surface area (Å²) in [5, 5.41) is 8.19. The molecule has 1 saturated heterocycles. The second-order valence-electron chi connectivity index (χ2n) is 4.36. The average molecular weight is 271 g/mol. The summed E-state index contributed by atoms with van der Waals surface area (Å²) in [6.07, 6.45) is 3.35. The molecule has 1 fully saturated rings. The third kappa shape index (κ3) is 3.66. The van der Waals surface area contributed by atoms with E-state index < -0.39 is 10.0 Å². The molecular formula is C11H17N3O3S. The van der Waals surface area contributed by atoms with E-state index in [1.165, 1.54) is 12.3 Å². The maximum Gasteiger partial charge on any atom is 0.239 e. The fourth-order valence-corrected chi connectivity index (χ4v) is 2.31. The van der Waals surface area contributed by atoms with Crippen molar-refractivity contribution in [1.82, 2.24) is 4.98 Å². The van der Waals surface area contributed by atoms with E-state index >= 15 is 0 Å². The molecule has 1 aromatic rings. The van der Waals surface area contributed by atoms with Gasteiger partial charge in [0, 0.05) is 26.0 Å². The Hall–Kier alpha value is -1.18. The molecule has 0 atom stereocenters. The summed E-state index contributed by atoms with van der Waals surface area (Å²) in [6, 6.07) is 3.08. The topological polar surface area (TPSA) is 94.3 Å². The summed E-state index contributed by atoms with van der Waals surface area (Å²) in [7, 11) is -3.66. The number of primary sulfonamides is 1. The van der Waals surface area contributed by atoms with Crippen molar-refractivity contribution in [3.8, 4) is 0 Å². The van der Waals surface area contributed by atoms with Crippen molar-refractivity contribution in [1.29, 1.82) is 0 Å². The van der Waals surface area contributed by atoms with E-state index in [4.69, 9.17) is 9.88 Å². The van der Waals surface area contributed by atoms with Crippen molar-refractivity contribution >= 4 is 15.8 Å². The summed E-state index contributed by atoms with van der Waals surface area (Å²) in [5.41, 5.74) is 0. The van der Waals surface area contributed by atoms with Crippen LogP contribution in [0.1, 0.15) is 12.8 Å². The molecule has 0 bridgehead atoms. The number of hydrogen-bond acceptors (Lipinski definition) is 5. The first-order valence-corrected chi connectivity index (χ1v) is 7.41. The molecule has 0 radical (unpaired) electrons. The SMILES string of the molecule is NS(=O)(=O)c1ccc(NCC2CCOCC2)nc1. The highest BCUT2D eigenvalue weighted by Gasteiger charge is 2.13. The number of ether oxygens (including phenoxy) is 1. The second kappa shape index (κ2) is 5.64. The van der Waals surface area contributed by atoms with Crippen molar-refractivity contribution in [3.63, 3.8) is 0 Å². The largest absolute Gasteiger partial charge is 0.381 e. The Morgan fingerprint density at radius 3 is 2.67 bits per heavy atom. The smallest absolute Gasteiger partial charge is 0.239 e. The van der Waals surface area contributed by atoms with Gasteiger partial charge in [0.15, 0.2) is 0 Å². The minimum Gasteiger partial charge on any atom is -0.381 e. The number of nitrogens with zero attached hydrogens (tertiary/aromatic N) is 1. The first kappa shape index (κ1) is 13.3. The molecule has 7 heteroatoms. The highest BCUT2D eigenvalue weighted by atomic mass is 32.2. The maximum atomic E-state index is 11.1. The Morgan fingerprint density at radius 1 is 1.39 bits per heavy atom. The lowest BCUT2D eigenvalue weighted by Crippen LogP contribution is -2.23. The van der Waals surface area contributed by atoms with Gasteiger partial charge in [-0.2, -0.15) is 0 Å². The first-order valence-electron chi connectivity index (χ1n) is 5.86. The van der Waals surface area contributed by atoms with E-state index in [2.05, 4.69) is 10.3 Å². The van der Waals surface area contributed by atoms with Crippen molar-refractivity contribution < 1.29 is 13.2 Å². The molecule has 0 spiro atoms. The van der Waals surface area contributed by atoms with Gasteiger partial charge in [0.1, 0.15) is 10.7 Å². The lowest BCUT2D eigenvalue weighted by Gasteiger charge is -2.22. The number of aromatic nitrogens is 1. The van der Waals surface area contributed by atoms with Gasteiger partial charge in [0.05, 0.1) is 0 Å². The Morgan fingerprint density at radius 2 is 2.11 bits per heavy atom. The molecule has 2 rings (SSSR count). The van der Waals surface area contributed by atoms with Gasteiger partial charge in [-0.3, -0.25) is 0 Å². The van der Waals surface area contributed by atoms with E-state index in [1.54, 1.807) is 6.07 Å². The van der Waals surface area contributed by atoms with Gasteiger partial charge >= 0.3 is 0 Å². The minimum absolute atomic E-state index is 0.0270. The molecule has 2 heterocycles. The third-order valence-corrected chi connectivity index (χ3v) is 3.88. The number of anilines is 1. The minimum atomic E-state index is -3.66. The van der Waals surface area contributed by atoms with Crippen LogP contribution in [0.5, 0.6) is 0 Å². The van der Waals surface area contributed by atoms with Crippen LogP contribution in [-0.2, 0) is 14.8 Å². The quantitative estimate of drug-likeness (QED) is 0.834. The molecule has 0 aliphatic carbocycles. The van der Waals surface area contributed by atoms with Crippen LogP contribution in [0.3, 0.4) is 0 Å². The molecule has 3 N–H and O–H groups in total. The molecule has 0 aromatic carbocycles. The van der Waals surface area contributed by atoms with Gasteiger partial charge in [-0.1, -0.05) is 0 Å². The number of nitrogens with two attached hydrogens (primary N) is 1. The van der Waals surface area contributed by atoms with Gasteiger partial charge in [-0.15, -0.1) is 0 Å². The summed E-state index contributed by atoms with van der Waals surface area (Å²) in [6.45, 7) is 2.44. The molecule has 100 valence electrons. The zero-order valence-electron chi connectivity index (χ0n) is 10.0. The molecule has 1 aliphatic rings. The molecular weight excluding hydrogens is 254 g/mol. The molecule has 6 nitrogen and oxygen atoms in total. The molecule has 1 aromatic heterocycles. The van der Waals surface area contributed by atoms with E-state index in [0.717, 1.165) is 32.6 Å². The lowest BCUT2D eigenvalue weighted by molar-refractivity contribution is 0.0699. The first-order chi connectivity index (χ1) is 8.55. The van der Waals surface area contributed by atoms with Crippen molar-refractivity contribution in [2.24, 2.45) is 11.1 Å². The monoisotopic (exact) mass is 271 g/mol. The Kier molecular flexibility index (Phi) is 4.15. The van der Waals surface area contributed by atoms with E-state index in [9.17, 15) is 8.42 Å². The summed E-state index contributed by atoms with van der Waals surface area (Å²) in [4.78, 5) is 4.05. The normalized spacial score (nSPS) is 17.6. The molecule has 18 heavy (non-hydrogen) atoms. The number of hydrogen-bond donors (Lipinski definition) is 2. The fraction of sp³-hybridized carbons (Fsp3) is 0.545. The molecule has 0 saturated carbocycles. The van der Waals surface area contributed by atoms with Crippen LogP contribution < -0.4 is 10.5 Å². The average Bonchev–Trinajstić information content (AvgIpc) is 2.37. The van der Waals surface area contributed by atoms with Crippen molar-refractivity contribution in [3.05, 3.63) is 18.3 Å². The number of pyridine rings is 1. The van der Waals surface area contributed by atoms with Gasteiger partial charge in [-0.25, -0.2) is 18.5 Å². The molecule has 0 amide bonds. The van der Waals surface area contributed by atoms with Crippen LogP contribution in [0.4, 0.5) is 5.82 Å². The van der Waals surface area contributed by atoms with Gasteiger partial charge in [-0.05, 0) is 30.9 Å². The standard InChI is InChI=1S/C11H17N3O3S/c12-18(15,16)10-1-2-11(14-8-10)13-7-9-3-5-17-6-4-9/h1-2,8-9H,3-7H2,(H,13,14)(H2,12,15,16). The molecule has 1 aliphatic heterocycles. The number of rotatable bonds is 4. The summed E-state index contributed by atoms with van der Waals surface area (Å²) < 4.78 is 27.4. The lowest BCUT2D eigenvalue weighted by atomic mass is 10.0. The van der Waals surface area contributed by atoms with Gasteiger partial charge in [0.2, 0.25) is 10.0 Å². The van der Waals surface area contributed by atoms with Gasteiger partial charge < -0.3 is 10.1 Å². The van der Waals surface area contributed by atoms with E-state index in [0.29, 0.717) is 11.7 Å². The highest BCUT2D eigenvalue weighted by molar-refractivity contribution is 7.89. The van der Waals surface area contributed by atoms with Crippen LogP contribution >= 0.6 is 0 Å². The predicted molar refractivity (Wildman–Crippen MR) is 67.6 cm³/mol. The van der Waals surface area contributed by atoms with E-state index in [1.807, 2.05) is 0 Å². The number of sulfonamides is 1. The predicted octanol–water partition coefficient (Wildman–Crippen LogP) is 0.567. The van der Waals surface area contributed by atoms with Crippen LogP contribution in [0.25, 0.3) is 0 Å². The molecule has 0 unspecified atom stereocenters. The Labute approximate surface area is 107 Å². The highest BCUT2D eigenvalue weighted by Crippen LogP contribution is 2.16.